The van der Waals surface area contributed by atoms with Crippen LogP contribution in [0.15, 0.2) is 39.5 Å². The van der Waals surface area contributed by atoms with Crippen molar-refractivity contribution in [1.29, 1.82) is 0 Å². The molecule has 0 radical (unpaired) electrons. The summed E-state index contributed by atoms with van der Waals surface area (Å²) in [6.07, 6.45) is 1.61. The van der Waals surface area contributed by atoms with Gasteiger partial charge in [0.05, 0.1) is 12.7 Å². The number of aromatic nitrogens is 1. The lowest BCUT2D eigenvalue weighted by molar-refractivity contribution is 0.366. The average Bonchev–Trinajstić information content (AvgIpc) is 2.78. The molecule has 0 saturated carbocycles. The molecule has 1 aromatic heterocycles. The van der Waals surface area contributed by atoms with Crippen LogP contribution in [0.2, 0.25) is 0 Å². The van der Waals surface area contributed by atoms with E-state index in [0.29, 0.717) is 6.54 Å². The van der Waals surface area contributed by atoms with Crippen LogP contribution in [0.3, 0.4) is 0 Å². The molecule has 1 heterocycles. The third-order valence-electron chi connectivity index (χ3n) is 2.50. The number of nitrogens with zero attached hydrogens (tertiary/aromatic N) is 1. The molecule has 0 saturated heterocycles. The first kappa shape index (κ1) is 12.3. The molecule has 1 aromatic carbocycles. The van der Waals surface area contributed by atoms with E-state index >= 15 is 0 Å². The van der Waals surface area contributed by atoms with Crippen molar-refractivity contribution < 1.29 is 8.91 Å². The van der Waals surface area contributed by atoms with Crippen molar-refractivity contribution in [2.45, 2.75) is 19.5 Å². The molecule has 2 aromatic rings. The van der Waals surface area contributed by atoms with E-state index in [-0.39, 0.29) is 11.9 Å². The molecule has 17 heavy (non-hydrogen) atoms. The second-order valence-electron chi connectivity index (χ2n) is 3.75. The van der Waals surface area contributed by atoms with Crippen molar-refractivity contribution >= 4 is 15.9 Å². The number of benzene rings is 1. The van der Waals surface area contributed by atoms with Gasteiger partial charge < -0.3 is 9.84 Å². The fourth-order valence-corrected chi connectivity index (χ4v) is 2.24. The van der Waals surface area contributed by atoms with Gasteiger partial charge in [-0.25, -0.2) is 4.39 Å². The predicted octanol–water partition coefficient (Wildman–Crippen LogP) is 3.43. The van der Waals surface area contributed by atoms with Crippen molar-refractivity contribution in [1.82, 2.24) is 10.5 Å². The highest BCUT2D eigenvalue weighted by atomic mass is 79.9. The van der Waals surface area contributed by atoms with Gasteiger partial charge in [-0.05, 0) is 24.6 Å². The highest BCUT2D eigenvalue weighted by Crippen LogP contribution is 2.24. The fraction of sp³-hybridized carbons (Fsp3) is 0.250. The Morgan fingerprint density at radius 3 is 2.94 bits per heavy atom. The Morgan fingerprint density at radius 2 is 2.29 bits per heavy atom. The summed E-state index contributed by atoms with van der Waals surface area (Å²) in [6, 6.07) is 6.57. The maximum absolute atomic E-state index is 12.9. The summed E-state index contributed by atoms with van der Waals surface area (Å²) in [6.45, 7) is 2.60. The zero-order chi connectivity index (χ0) is 12.3. The normalized spacial score (nSPS) is 12.6. The Morgan fingerprint density at radius 1 is 1.47 bits per heavy atom. The maximum Gasteiger partial charge on any atom is 0.150 e. The van der Waals surface area contributed by atoms with Gasteiger partial charge in [-0.3, -0.25) is 0 Å². The first-order chi connectivity index (χ1) is 8.16. The summed E-state index contributed by atoms with van der Waals surface area (Å²) in [5, 5.41) is 6.90. The zero-order valence-corrected chi connectivity index (χ0v) is 10.9. The van der Waals surface area contributed by atoms with E-state index in [9.17, 15) is 4.39 Å². The molecule has 90 valence electrons. The van der Waals surface area contributed by atoms with Crippen molar-refractivity contribution in [3.05, 3.63) is 52.1 Å². The lowest BCUT2D eigenvalue weighted by Gasteiger charge is -2.14. The van der Waals surface area contributed by atoms with Crippen molar-refractivity contribution in [3.8, 4) is 0 Å². The molecule has 5 heteroatoms. The van der Waals surface area contributed by atoms with Gasteiger partial charge in [0, 0.05) is 16.6 Å². The highest BCUT2D eigenvalue weighted by Gasteiger charge is 2.10. The molecule has 1 unspecified atom stereocenters. The van der Waals surface area contributed by atoms with Crippen LogP contribution in [0.25, 0.3) is 0 Å². The summed E-state index contributed by atoms with van der Waals surface area (Å²) in [7, 11) is 0. The van der Waals surface area contributed by atoms with E-state index in [0.717, 1.165) is 15.8 Å². The molecule has 0 aliphatic heterocycles. The lowest BCUT2D eigenvalue weighted by atomic mass is 10.1. The van der Waals surface area contributed by atoms with Gasteiger partial charge in [0.1, 0.15) is 11.6 Å². The topological polar surface area (TPSA) is 38.1 Å². The summed E-state index contributed by atoms with van der Waals surface area (Å²) < 4.78 is 18.7. The van der Waals surface area contributed by atoms with Crippen LogP contribution < -0.4 is 5.32 Å². The molecule has 0 bridgehead atoms. The number of rotatable bonds is 4. The number of hydrogen-bond donors (Lipinski definition) is 1. The Kier molecular flexibility index (Phi) is 3.91. The molecular weight excluding hydrogens is 287 g/mol. The van der Waals surface area contributed by atoms with E-state index in [2.05, 4.69) is 26.4 Å². The van der Waals surface area contributed by atoms with E-state index in [1.165, 1.54) is 12.1 Å². The van der Waals surface area contributed by atoms with Crippen molar-refractivity contribution in [3.63, 3.8) is 0 Å². The van der Waals surface area contributed by atoms with Crippen LogP contribution in [0.5, 0.6) is 0 Å². The molecule has 3 nitrogen and oxygen atoms in total. The zero-order valence-electron chi connectivity index (χ0n) is 9.28. The Balaban J connectivity index is 2.01. The first-order valence-corrected chi connectivity index (χ1v) is 6.04. The third-order valence-corrected chi connectivity index (χ3v) is 3.19. The van der Waals surface area contributed by atoms with Crippen LogP contribution in [0.1, 0.15) is 24.3 Å². The molecule has 0 amide bonds. The minimum atomic E-state index is -0.247. The Bertz CT molecular complexity index is 487. The van der Waals surface area contributed by atoms with Gasteiger partial charge in [0.25, 0.3) is 0 Å². The third kappa shape index (κ3) is 3.14. The van der Waals surface area contributed by atoms with Crippen LogP contribution in [-0.4, -0.2) is 5.16 Å². The maximum atomic E-state index is 12.9. The molecule has 1 N–H and O–H groups in total. The van der Waals surface area contributed by atoms with Crippen LogP contribution in [-0.2, 0) is 6.54 Å². The first-order valence-electron chi connectivity index (χ1n) is 5.24. The summed E-state index contributed by atoms with van der Waals surface area (Å²) in [5.41, 5.74) is 1.01. The molecular formula is C12H12BrFN2O. The summed E-state index contributed by atoms with van der Waals surface area (Å²) in [5.74, 6) is 0.526. The van der Waals surface area contributed by atoms with E-state index in [1.54, 1.807) is 18.3 Å². The average molecular weight is 299 g/mol. The second-order valence-corrected chi connectivity index (χ2v) is 4.60. The predicted molar refractivity (Wildman–Crippen MR) is 65.9 cm³/mol. The number of nitrogens with one attached hydrogen (secondary N) is 1. The molecule has 1 atom stereocenters. The van der Waals surface area contributed by atoms with Gasteiger partial charge in [0.15, 0.2) is 0 Å². The van der Waals surface area contributed by atoms with Gasteiger partial charge in [-0.1, -0.05) is 27.2 Å². The lowest BCUT2D eigenvalue weighted by Crippen LogP contribution is -2.18. The van der Waals surface area contributed by atoms with E-state index < -0.39 is 0 Å². The standard InChI is InChI=1S/C12H12BrFN2O/c1-8(15-7-10-4-5-16-17-10)11-3-2-9(14)6-12(11)13/h2-6,8,15H,7H2,1H3. The van der Waals surface area contributed by atoms with Crippen LogP contribution >= 0.6 is 15.9 Å². The second kappa shape index (κ2) is 5.42. The molecule has 0 aliphatic carbocycles. The van der Waals surface area contributed by atoms with Crippen LogP contribution in [0.4, 0.5) is 4.39 Å². The van der Waals surface area contributed by atoms with Gasteiger partial charge in [0.2, 0.25) is 0 Å². The van der Waals surface area contributed by atoms with Crippen LogP contribution in [0, 0.1) is 5.82 Å². The Labute approximate surface area is 107 Å². The minimum Gasteiger partial charge on any atom is -0.360 e. The molecule has 0 fully saturated rings. The van der Waals surface area contributed by atoms with Gasteiger partial charge in [-0.15, -0.1) is 0 Å². The fourth-order valence-electron chi connectivity index (χ4n) is 1.55. The number of halogens is 2. The monoisotopic (exact) mass is 298 g/mol. The quantitative estimate of drug-likeness (QED) is 0.940. The Hall–Kier alpha value is -1.20. The summed E-state index contributed by atoms with van der Waals surface area (Å²) >= 11 is 3.35. The largest absolute Gasteiger partial charge is 0.360 e. The van der Waals surface area contributed by atoms with Crippen molar-refractivity contribution in [2.24, 2.45) is 0 Å². The SMILES string of the molecule is CC(NCc1ccno1)c1ccc(F)cc1Br. The molecule has 2 rings (SSSR count). The van der Waals surface area contributed by atoms with E-state index in [1.807, 2.05) is 6.92 Å². The smallest absolute Gasteiger partial charge is 0.150 e. The number of hydrogen-bond acceptors (Lipinski definition) is 3. The summed E-state index contributed by atoms with van der Waals surface area (Å²) in [4.78, 5) is 0. The van der Waals surface area contributed by atoms with E-state index in [4.69, 9.17) is 4.52 Å². The minimum absolute atomic E-state index is 0.0927. The molecule has 0 aliphatic rings. The van der Waals surface area contributed by atoms with Gasteiger partial charge in [-0.2, -0.15) is 0 Å². The highest BCUT2D eigenvalue weighted by molar-refractivity contribution is 9.10. The van der Waals surface area contributed by atoms with Gasteiger partial charge >= 0.3 is 0 Å². The molecule has 0 spiro atoms. The van der Waals surface area contributed by atoms with Crippen molar-refractivity contribution in [2.75, 3.05) is 0 Å².